The highest BCUT2D eigenvalue weighted by Gasteiger charge is 2.27. The third kappa shape index (κ3) is 3.19. The van der Waals surface area contributed by atoms with Crippen LogP contribution in [0.2, 0.25) is 0 Å². The molecule has 0 aliphatic rings. The van der Waals surface area contributed by atoms with Gasteiger partial charge in [-0.3, -0.25) is 0 Å². The molecule has 100 valence electrons. The van der Waals surface area contributed by atoms with Crippen LogP contribution in [0.25, 0.3) is 0 Å². The summed E-state index contributed by atoms with van der Waals surface area (Å²) < 4.78 is 37.3. The molecule has 0 saturated carbocycles. The van der Waals surface area contributed by atoms with Gasteiger partial charge in [0.2, 0.25) is 0 Å². The van der Waals surface area contributed by atoms with Crippen LogP contribution in [0.4, 0.5) is 8.78 Å². The zero-order chi connectivity index (χ0) is 14.1. The molecule has 3 nitrogen and oxygen atoms in total. The first kappa shape index (κ1) is 14.9. The molecule has 1 rings (SSSR count). The molecule has 0 aromatic heterocycles. The monoisotopic (exact) mass is 322 g/mol. The Kier molecular flexibility index (Phi) is 4.32. The predicted molar refractivity (Wildman–Crippen MR) is 65.8 cm³/mol. The lowest BCUT2D eigenvalue weighted by Gasteiger charge is -2.20. The van der Waals surface area contributed by atoms with Crippen LogP contribution in [0.5, 0.6) is 5.75 Å². The average molecular weight is 323 g/mol. The Morgan fingerprint density at radius 1 is 1.33 bits per heavy atom. The van der Waals surface area contributed by atoms with Crippen LogP contribution in [0.1, 0.15) is 31.1 Å². The maximum atomic E-state index is 13.9. The Labute approximate surface area is 112 Å². The Morgan fingerprint density at radius 2 is 1.89 bits per heavy atom. The van der Waals surface area contributed by atoms with Crippen molar-refractivity contribution in [2.75, 3.05) is 7.11 Å². The highest BCUT2D eigenvalue weighted by Crippen LogP contribution is 2.32. The number of hydrogen-bond acceptors (Lipinski definition) is 3. The van der Waals surface area contributed by atoms with Crippen molar-refractivity contribution in [3.05, 3.63) is 27.7 Å². The van der Waals surface area contributed by atoms with Gasteiger partial charge in [0.25, 0.3) is 0 Å². The quantitative estimate of drug-likeness (QED) is 0.779. The van der Waals surface area contributed by atoms with Gasteiger partial charge in [0.15, 0.2) is 11.6 Å². The molecule has 0 saturated heterocycles. The lowest BCUT2D eigenvalue weighted by molar-refractivity contribution is 0.00587. The van der Waals surface area contributed by atoms with Crippen LogP contribution in [0, 0.1) is 11.6 Å². The number of ether oxygens (including phenoxy) is 2. The molecule has 1 aromatic carbocycles. The normalized spacial score (nSPS) is 11.3. The fraction of sp³-hybridized carbons (Fsp3) is 0.417. The van der Waals surface area contributed by atoms with Crippen LogP contribution in [0.3, 0.4) is 0 Å². The standard InChI is InChI=1S/C12H13BrF2O3/c1-12(2,3)18-11(16)8-7(14)5-6(13)10(17-4)9(8)15/h5H,1-4H3. The van der Waals surface area contributed by atoms with E-state index in [9.17, 15) is 13.6 Å². The predicted octanol–water partition coefficient (Wildman–Crippen LogP) is 3.69. The molecule has 0 unspecified atom stereocenters. The van der Waals surface area contributed by atoms with E-state index in [-0.39, 0.29) is 10.2 Å². The van der Waals surface area contributed by atoms with E-state index in [0.717, 1.165) is 6.07 Å². The van der Waals surface area contributed by atoms with E-state index in [1.54, 1.807) is 20.8 Å². The van der Waals surface area contributed by atoms with Crippen molar-refractivity contribution in [1.29, 1.82) is 0 Å². The van der Waals surface area contributed by atoms with Gasteiger partial charge in [-0.2, -0.15) is 0 Å². The first-order chi connectivity index (χ1) is 8.17. The zero-order valence-corrected chi connectivity index (χ0v) is 12.0. The van der Waals surface area contributed by atoms with Crippen LogP contribution in [-0.4, -0.2) is 18.7 Å². The Hall–Kier alpha value is -1.17. The molecular formula is C12H13BrF2O3. The lowest BCUT2D eigenvalue weighted by Crippen LogP contribution is -2.25. The number of hydrogen-bond donors (Lipinski definition) is 0. The first-order valence-electron chi connectivity index (χ1n) is 5.12. The van der Waals surface area contributed by atoms with Crippen molar-refractivity contribution < 1.29 is 23.0 Å². The molecule has 0 bridgehead atoms. The second-order valence-electron chi connectivity index (χ2n) is 4.56. The fourth-order valence-electron chi connectivity index (χ4n) is 1.28. The molecule has 0 aliphatic carbocycles. The summed E-state index contributed by atoms with van der Waals surface area (Å²) in [4.78, 5) is 11.7. The third-order valence-corrected chi connectivity index (χ3v) is 2.52. The number of esters is 1. The van der Waals surface area contributed by atoms with Gasteiger partial charge >= 0.3 is 5.97 Å². The molecular weight excluding hydrogens is 310 g/mol. The van der Waals surface area contributed by atoms with Crippen molar-refractivity contribution in [2.24, 2.45) is 0 Å². The summed E-state index contributed by atoms with van der Waals surface area (Å²) in [5.74, 6) is -3.39. The SMILES string of the molecule is COc1c(Br)cc(F)c(C(=O)OC(C)(C)C)c1F. The first-order valence-corrected chi connectivity index (χ1v) is 5.91. The summed E-state index contributed by atoms with van der Waals surface area (Å²) in [5.41, 5.74) is -1.60. The van der Waals surface area contributed by atoms with Gasteiger partial charge in [-0.05, 0) is 42.8 Å². The fourth-order valence-corrected chi connectivity index (χ4v) is 1.81. The van der Waals surface area contributed by atoms with Crippen molar-refractivity contribution in [3.8, 4) is 5.75 Å². The lowest BCUT2D eigenvalue weighted by atomic mass is 10.1. The Bertz CT molecular complexity index is 481. The zero-order valence-electron chi connectivity index (χ0n) is 10.4. The summed E-state index contributed by atoms with van der Waals surface area (Å²) in [6.07, 6.45) is 0. The summed E-state index contributed by atoms with van der Waals surface area (Å²) in [7, 11) is 1.22. The number of carbonyl (C=O) groups excluding carboxylic acids is 1. The highest BCUT2D eigenvalue weighted by molar-refractivity contribution is 9.10. The van der Waals surface area contributed by atoms with Gasteiger partial charge in [-0.1, -0.05) is 0 Å². The number of rotatable bonds is 2. The van der Waals surface area contributed by atoms with E-state index in [2.05, 4.69) is 15.9 Å². The van der Waals surface area contributed by atoms with E-state index in [0.29, 0.717) is 0 Å². The van der Waals surface area contributed by atoms with Crippen molar-refractivity contribution in [2.45, 2.75) is 26.4 Å². The molecule has 0 N–H and O–H groups in total. The number of halogens is 3. The van der Waals surface area contributed by atoms with Gasteiger partial charge in [0.1, 0.15) is 17.0 Å². The Balaban J connectivity index is 3.29. The van der Waals surface area contributed by atoms with Crippen LogP contribution in [-0.2, 0) is 4.74 Å². The van der Waals surface area contributed by atoms with Gasteiger partial charge in [0.05, 0.1) is 11.6 Å². The highest BCUT2D eigenvalue weighted by atomic mass is 79.9. The van der Waals surface area contributed by atoms with Crippen molar-refractivity contribution in [3.63, 3.8) is 0 Å². The molecule has 18 heavy (non-hydrogen) atoms. The molecule has 0 aliphatic heterocycles. The van der Waals surface area contributed by atoms with Crippen molar-refractivity contribution in [1.82, 2.24) is 0 Å². The van der Waals surface area contributed by atoms with E-state index in [1.165, 1.54) is 7.11 Å². The smallest absolute Gasteiger partial charge is 0.344 e. The summed E-state index contributed by atoms with van der Waals surface area (Å²) in [6, 6.07) is 0.959. The van der Waals surface area contributed by atoms with Crippen LogP contribution < -0.4 is 4.74 Å². The van der Waals surface area contributed by atoms with Gasteiger partial charge in [0, 0.05) is 0 Å². The van der Waals surface area contributed by atoms with E-state index >= 15 is 0 Å². The maximum Gasteiger partial charge on any atom is 0.344 e. The summed E-state index contributed by atoms with van der Waals surface area (Å²) in [5, 5.41) is 0. The summed E-state index contributed by atoms with van der Waals surface area (Å²) >= 11 is 2.95. The largest absolute Gasteiger partial charge is 0.492 e. The van der Waals surface area contributed by atoms with Gasteiger partial charge in [-0.15, -0.1) is 0 Å². The third-order valence-electron chi connectivity index (χ3n) is 1.94. The van der Waals surface area contributed by atoms with Crippen LogP contribution in [0.15, 0.2) is 10.5 Å². The van der Waals surface area contributed by atoms with E-state index < -0.39 is 28.8 Å². The van der Waals surface area contributed by atoms with E-state index in [4.69, 9.17) is 9.47 Å². The second-order valence-corrected chi connectivity index (χ2v) is 5.42. The minimum absolute atomic E-state index is 0.0901. The molecule has 6 heteroatoms. The van der Waals surface area contributed by atoms with Gasteiger partial charge < -0.3 is 9.47 Å². The molecule has 0 amide bonds. The average Bonchev–Trinajstić information content (AvgIpc) is 2.13. The Morgan fingerprint density at radius 3 is 2.33 bits per heavy atom. The van der Waals surface area contributed by atoms with Crippen molar-refractivity contribution >= 4 is 21.9 Å². The minimum Gasteiger partial charge on any atom is -0.492 e. The second kappa shape index (κ2) is 5.22. The molecule has 1 aromatic rings. The topological polar surface area (TPSA) is 35.5 Å². The molecule has 0 spiro atoms. The number of carbonyl (C=O) groups is 1. The summed E-state index contributed by atoms with van der Waals surface area (Å²) in [6.45, 7) is 4.82. The molecule has 0 radical (unpaired) electrons. The maximum absolute atomic E-state index is 13.9. The number of methoxy groups -OCH3 is 1. The number of benzene rings is 1. The van der Waals surface area contributed by atoms with Crippen LogP contribution >= 0.6 is 15.9 Å². The van der Waals surface area contributed by atoms with Gasteiger partial charge in [-0.25, -0.2) is 13.6 Å². The molecule has 0 heterocycles. The molecule has 0 fully saturated rings. The molecule has 0 atom stereocenters. The minimum atomic E-state index is -1.08. The van der Waals surface area contributed by atoms with E-state index in [1.807, 2.05) is 0 Å².